The van der Waals surface area contributed by atoms with Gasteiger partial charge in [0.05, 0.1) is 22.2 Å². The number of hydrogen-bond donors (Lipinski definition) is 4. The van der Waals surface area contributed by atoms with Crippen LogP contribution in [0.5, 0.6) is 5.75 Å². The number of hydrogen-bond acceptors (Lipinski definition) is 4. The van der Waals surface area contributed by atoms with Crippen LogP contribution in [0.4, 0.5) is 0 Å². The SMILES string of the molecule is CC(CCc1cc(Cl)cc(Cl)c1O)NC1CCn2c(=O)[nH]c3cccc(c32)C1O. The third kappa shape index (κ3) is 3.90. The van der Waals surface area contributed by atoms with Crippen molar-refractivity contribution < 1.29 is 10.2 Å². The molecular weight excluding hydrogens is 413 g/mol. The van der Waals surface area contributed by atoms with E-state index in [1.54, 1.807) is 10.6 Å². The maximum atomic E-state index is 12.3. The number of phenols is 1. The summed E-state index contributed by atoms with van der Waals surface area (Å²) in [5.74, 6) is 0.0584. The van der Waals surface area contributed by atoms with E-state index in [2.05, 4.69) is 10.3 Å². The normalized spacial score (nSPS) is 20.0. The fraction of sp³-hybridized carbons (Fsp3) is 0.381. The quantitative estimate of drug-likeness (QED) is 0.490. The molecule has 0 saturated carbocycles. The Bertz CT molecular complexity index is 1110. The van der Waals surface area contributed by atoms with E-state index >= 15 is 0 Å². The number of benzene rings is 2. The topological polar surface area (TPSA) is 90.3 Å². The lowest BCUT2D eigenvalue weighted by Crippen LogP contribution is -2.41. The van der Waals surface area contributed by atoms with Gasteiger partial charge in [-0.05, 0) is 49.9 Å². The van der Waals surface area contributed by atoms with Crippen LogP contribution in [-0.2, 0) is 13.0 Å². The van der Waals surface area contributed by atoms with Gasteiger partial charge in [0.1, 0.15) is 5.75 Å². The van der Waals surface area contributed by atoms with Crippen LogP contribution in [0.2, 0.25) is 10.0 Å². The van der Waals surface area contributed by atoms with Crippen molar-refractivity contribution in [2.24, 2.45) is 0 Å². The van der Waals surface area contributed by atoms with Gasteiger partial charge in [-0.25, -0.2) is 4.79 Å². The van der Waals surface area contributed by atoms with Crippen LogP contribution in [0.25, 0.3) is 11.0 Å². The molecule has 0 spiro atoms. The Labute approximate surface area is 178 Å². The third-order valence-electron chi connectivity index (χ3n) is 5.64. The van der Waals surface area contributed by atoms with E-state index in [1.807, 2.05) is 25.1 Å². The zero-order valence-electron chi connectivity index (χ0n) is 16.0. The highest BCUT2D eigenvalue weighted by Gasteiger charge is 2.29. The van der Waals surface area contributed by atoms with E-state index < -0.39 is 6.10 Å². The van der Waals surface area contributed by atoms with Crippen LogP contribution in [0.3, 0.4) is 0 Å². The number of aryl methyl sites for hydroxylation is 2. The number of aromatic amines is 1. The molecule has 3 unspecified atom stereocenters. The molecule has 1 aromatic heterocycles. The monoisotopic (exact) mass is 435 g/mol. The number of aromatic hydroxyl groups is 1. The standard InChI is InChI=1S/C21H23Cl2N3O3/c1-11(5-6-12-9-13(22)10-15(23)19(12)27)24-17-7-8-26-18-14(20(17)28)3-2-4-16(18)25-21(26)29/h2-4,9-11,17,20,24,27-28H,5-8H2,1H3,(H,25,29). The molecule has 2 aromatic carbocycles. The highest BCUT2D eigenvalue weighted by Crippen LogP contribution is 2.33. The summed E-state index contributed by atoms with van der Waals surface area (Å²) in [6, 6.07) is 8.68. The first kappa shape index (κ1) is 20.3. The third-order valence-corrected chi connectivity index (χ3v) is 6.15. The number of aromatic nitrogens is 2. The molecule has 0 bridgehead atoms. The predicted octanol–water partition coefficient (Wildman–Crippen LogP) is 3.76. The van der Waals surface area contributed by atoms with Gasteiger partial charge in [-0.15, -0.1) is 0 Å². The van der Waals surface area contributed by atoms with Gasteiger partial charge in [0.25, 0.3) is 0 Å². The summed E-state index contributed by atoms with van der Waals surface area (Å²) < 4.78 is 1.70. The Kier molecular flexibility index (Phi) is 5.62. The lowest BCUT2D eigenvalue weighted by Gasteiger charge is -2.26. The van der Waals surface area contributed by atoms with Crippen molar-refractivity contribution in [2.45, 2.75) is 50.9 Å². The summed E-state index contributed by atoms with van der Waals surface area (Å²) in [5, 5.41) is 25.4. The molecule has 0 saturated heterocycles. The number of aliphatic hydroxyl groups excluding tert-OH is 1. The molecule has 8 heteroatoms. The van der Waals surface area contributed by atoms with Gasteiger partial charge < -0.3 is 20.5 Å². The maximum Gasteiger partial charge on any atom is 0.326 e. The van der Waals surface area contributed by atoms with Crippen LogP contribution in [0, 0.1) is 0 Å². The number of phenolic OH excluding ortho intramolecular Hbond substituents is 1. The van der Waals surface area contributed by atoms with E-state index in [4.69, 9.17) is 23.2 Å². The van der Waals surface area contributed by atoms with Crippen molar-refractivity contribution in [1.82, 2.24) is 14.9 Å². The molecule has 0 aliphatic carbocycles. The molecule has 2 heterocycles. The summed E-state index contributed by atoms with van der Waals surface area (Å²) in [5.41, 5.74) is 2.82. The Morgan fingerprint density at radius 2 is 2.14 bits per heavy atom. The number of imidazole rings is 1. The van der Waals surface area contributed by atoms with Crippen molar-refractivity contribution in [2.75, 3.05) is 0 Å². The number of nitrogens with one attached hydrogen (secondary N) is 2. The second-order valence-electron chi connectivity index (χ2n) is 7.67. The van der Waals surface area contributed by atoms with Gasteiger partial charge in [-0.2, -0.15) is 0 Å². The highest BCUT2D eigenvalue weighted by atomic mass is 35.5. The summed E-state index contributed by atoms with van der Waals surface area (Å²) >= 11 is 12.0. The Morgan fingerprint density at radius 3 is 2.93 bits per heavy atom. The summed E-state index contributed by atoms with van der Waals surface area (Å²) in [6.07, 6.45) is 1.23. The number of para-hydroxylation sites is 1. The molecule has 0 fully saturated rings. The van der Waals surface area contributed by atoms with Crippen molar-refractivity contribution in [3.63, 3.8) is 0 Å². The summed E-state index contributed by atoms with van der Waals surface area (Å²) in [4.78, 5) is 15.1. The van der Waals surface area contributed by atoms with Crippen LogP contribution in [0.1, 0.15) is 37.0 Å². The van der Waals surface area contributed by atoms with Crippen molar-refractivity contribution in [3.8, 4) is 5.75 Å². The fourth-order valence-electron chi connectivity index (χ4n) is 4.15. The zero-order valence-corrected chi connectivity index (χ0v) is 17.5. The molecule has 29 heavy (non-hydrogen) atoms. The highest BCUT2D eigenvalue weighted by molar-refractivity contribution is 6.35. The van der Waals surface area contributed by atoms with E-state index in [0.717, 1.165) is 23.0 Å². The molecule has 0 radical (unpaired) electrons. The minimum atomic E-state index is -0.723. The molecule has 4 rings (SSSR count). The molecule has 1 aliphatic heterocycles. The van der Waals surface area contributed by atoms with Crippen LogP contribution in [0.15, 0.2) is 35.1 Å². The average molecular weight is 436 g/mol. The molecule has 0 amide bonds. The van der Waals surface area contributed by atoms with Gasteiger partial charge in [0.2, 0.25) is 0 Å². The van der Waals surface area contributed by atoms with Crippen LogP contribution >= 0.6 is 23.2 Å². The van der Waals surface area contributed by atoms with Gasteiger partial charge >= 0.3 is 5.69 Å². The zero-order chi connectivity index (χ0) is 20.7. The van der Waals surface area contributed by atoms with Gasteiger partial charge in [0.15, 0.2) is 0 Å². The lowest BCUT2D eigenvalue weighted by atomic mass is 9.98. The number of nitrogens with zero attached hydrogens (tertiary/aromatic N) is 1. The number of aliphatic hydroxyl groups is 1. The van der Waals surface area contributed by atoms with E-state index in [1.165, 1.54) is 6.07 Å². The Hall–Kier alpha value is -1.99. The maximum absolute atomic E-state index is 12.3. The first-order chi connectivity index (χ1) is 13.8. The van der Waals surface area contributed by atoms with Crippen molar-refractivity contribution >= 4 is 34.2 Å². The van der Waals surface area contributed by atoms with E-state index in [-0.39, 0.29) is 28.5 Å². The smallest absolute Gasteiger partial charge is 0.326 e. The number of halogens is 2. The molecule has 3 atom stereocenters. The van der Waals surface area contributed by atoms with E-state index in [9.17, 15) is 15.0 Å². The summed E-state index contributed by atoms with van der Waals surface area (Å²) in [6.45, 7) is 2.57. The summed E-state index contributed by atoms with van der Waals surface area (Å²) in [7, 11) is 0. The molecule has 4 N–H and O–H groups in total. The second-order valence-corrected chi connectivity index (χ2v) is 8.51. The molecule has 154 valence electrons. The fourth-order valence-corrected chi connectivity index (χ4v) is 4.68. The van der Waals surface area contributed by atoms with Crippen molar-refractivity contribution in [3.05, 3.63) is 62.0 Å². The first-order valence-electron chi connectivity index (χ1n) is 9.67. The van der Waals surface area contributed by atoms with Crippen LogP contribution < -0.4 is 11.0 Å². The average Bonchev–Trinajstić information content (AvgIpc) is 2.93. The van der Waals surface area contributed by atoms with Crippen molar-refractivity contribution in [1.29, 1.82) is 0 Å². The second kappa shape index (κ2) is 8.03. The molecule has 6 nitrogen and oxygen atoms in total. The molecular formula is C21H23Cl2N3O3. The van der Waals surface area contributed by atoms with Gasteiger partial charge in [-0.1, -0.05) is 35.3 Å². The predicted molar refractivity (Wildman–Crippen MR) is 115 cm³/mol. The minimum Gasteiger partial charge on any atom is -0.506 e. The minimum absolute atomic E-state index is 0.0584. The van der Waals surface area contributed by atoms with E-state index in [0.29, 0.717) is 30.0 Å². The molecule has 1 aliphatic rings. The number of H-pyrrole nitrogens is 1. The Morgan fingerprint density at radius 1 is 1.34 bits per heavy atom. The number of rotatable bonds is 5. The Balaban J connectivity index is 1.48. The largest absolute Gasteiger partial charge is 0.506 e. The van der Waals surface area contributed by atoms with Crippen LogP contribution in [-0.4, -0.2) is 31.8 Å². The van der Waals surface area contributed by atoms with Gasteiger partial charge in [-0.3, -0.25) is 4.57 Å². The van der Waals surface area contributed by atoms with Gasteiger partial charge in [0, 0.05) is 29.2 Å². The first-order valence-corrected chi connectivity index (χ1v) is 10.4. The lowest BCUT2D eigenvalue weighted by molar-refractivity contribution is 0.119. The molecule has 3 aromatic rings.